The van der Waals surface area contributed by atoms with E-state index in [2.05, 4.69) is 17.6 Å². The maximum absolute atomic E-state index is 12.2. The van der Waals surface area contributed by atoms with Gasteiger partial charge in [0, 0.05) is 11.6 Å². The molecule has 2 rings (SSSR count). The number of amides is 1. The second-order valence-corrected chi connectivity index (χ2v) is 5.50. The summed E-state index contributed by atoms with van der Waals surface area (Å²) < 4.78 is 0. The fourth-order valence-electron chi connectivity index (χ4n) is 2.51. The van der Waals surface area contributed by atoms with Crippen LogP contribution >= 0.6 is 11.6 Å². The van der Waals surface area contributed by atoms with Gasteiger partial charge in [0.25, 0.3) is 0 Å². The minimum absolute atomic E-state index is 0.0492. The molecule has 0 bridgehead atoms. The fourth-order valence-corrected chi connectivity index (χ4v) is 2.71. The Labute approximate surface area is 119 Å². The second kappa shape index (κ2) is 6.92. The molecule has 1 aliphatic heterocycles. The number of carbonyl (C=O) groups excluding carboxylic acids is 1. The molecule has 104 valence electrons. The standard InChI is InChI=1S/C15H21ClN2O/c1-2-14(11-5-3-7-13(16)9-11)18-15(19)12-6-4-8-17-10-12/h3,5,7,9,12,14,17H,2,4,6,8,10H2,1H3,(H,18,19)/t12-,14?/m1/s1. The minimum Gasteiger partial charge on any atom is -0.349 e. The number of benzene rings is 1. The van der Waals surface area contributed by atoms with Crippen LogP contribution in [0.4, 0.5) is 0 Å². The Morgan fingerprint density at radius 1 is 1.58 bits per heavy atom. The third kappa shape index (κ3) is 3.95. The Morgan fingerprint density at radius 2 is 2.42 bits per heavy atom. The van der Waals surface area contributed by atoms with Crippen molar-refractivity contribution in [3.63, 3.8) is 0 Å². The maximum Gasteiger partial charge on any atom is 0.224 e. The van der Waals surface area contributed by atoms with Crippen molar-refractivity contribution in [2.24, 2.45) is 5.92 Å². The third-order valence-electron chi connectivity index (χ3n) is 3.64. The van der Waals surface area contributed by atoms with Crippen LogP contribution in [0.2, 0.25) is 5.02 Å². The molecule has 1 unspecified atom stereocenters. The lowest BCUT2D eigenvalue weighted by Gasteiger charge is -2.25. The summed E-state index contributed by atoms with van der Waals surface area (Å²) in [6, 6.07) is 7.77. The maximum atomic E-state index is 12.2. The normalized spacial score (nSPS) is 20.8. The molecule has 1 aromatic rings. The average Bonchev–Trinajstić information content (AvgIpc) is 2.45. The number of nitrogens with one attached hydrogen (secondary N) is 2. The Morgan fingerprint density at radius 3 is 3.05 bits per heavy atom. The highest BCUT2D eigenvalue weighted by atomic mass is 35.5. The van der Waals surface area contributed by atoms with E-state index < -0.39 is 0 Å². The van der Waals surface area contributed by atoms with Crippen LogP contribution in [0.1, 0.15) is 37.8 Å². The van der Waals surface area contributed by atoms with Gasteiger partial charge in [-0.15, -0.1) is 0 Å². The van der Waals surface area contributed by atoms with E-state index in [0.29, 0.717) is 5.02 Å². The molecule has 1 fully saturated rings. The van der Waals surface area contributed by atoms with Gasteiger partial charge >= 0.3 is 0 Å². The van der Waals surface area contributed by atoms with Gasteiger partial charge < -0.3 is 10.6 Å². The molecule has 4 heteroatoms. The molecule has 1 aliphatic rings. The first-order chi connectivity index (χ1) is 9.20. The minimum atomic E-state index is 0.0492. The number of piperidine rings is 1. The molecule has 0 aliphatic carbocycles. The van der Waals surface area contributed by atoms with Crippen molar-refractivity contribution in [1.29, 1.82) is 0 Å². The SMILES string of the molecule is CCC(NC(=O)[C@@H]1CCCNC1)c1cccc(Cl)c1. The van der Waals surface area contributed by atoms with Gasteiger partial charge in [-0.2, -0.15) is 0 Å². The van der Waals surface area contributed by atoms with E-state index in [1.165, 1.54) is 0 Å². The van der Waals surface area contributed by atoms with Gasteiger partial charge in [-0.3, -0.25) is 4.79 Å². The summed E-state index contributed by atoms with van der Waals surface area (Å²) in [4.78, 5) is 12.2. The summed E-state index contributed by atoms with van der Waals surface area (Å²) in [5.74, 6) is 0.251. The van der Waals surface area contributed by atoms with E-state index >= 15 is 0 Å². The van der Waals surface area contributed by atoms with Crippen LogP contribution in [0, 0.1) is 5.92 Å². The lowest BCUT2D eigenvalue weighted by Crippen LogP contribution is -2.41. The Balaban J connectivity index is 2.00. The largest absolute Gasteiger partial charge is 0.349 e. The Hall–Kier alpha value is -1.06. The van der Waals surface area contributed by atoms with Crippen molar-refractivity contribution in [3.05, 3.63) is 34.9 Å². The van der Waals surface area contributed by atoms with Crippen LogP contribution in [-0.2, 0) is 4.79 Å². The first-order valence-corrected chi connectivity index (χ1v) is 7.35. The molecule has 1 amide bonds. The number of carbonyl (C=O) groups is 1. The molecular weight excluding hydrogens is 260 g/mol. The molecule has 0 spiro atoms. The lowest BCUT2D eigenvalue weighted by molar-refractivity contribution is -0.126. The quantitative estimate of drug-likeness (QED) is 0.890. The summed E-state index contributed by atoms with van der Waals surface area (Å²) in [7, 11) is 0. The van der Waals surface area contributed by atoms with Crippen LogP contribution in [-0.4, -0.2) is 19.0 Å². The van der Waals surface area contributed by atoms with Crippen molar-refractivity contribution < 1.29 is 4.79 Å². The van der Waals surface area contributed by atoms with E-state index in [4.69, 9.17) is 11.6 Å². The number of rotatable bonds is 4. The van der Waals surface area contributed by atoms with Gasteiger partial charge in [0.1, 0.15) is 0 Å². The summed E-state index contributed by atoms with van der Waals surface area (Å²) in [5, 5.41) is 7.13. The fraction of sp³-hybridized carbons (Fsp3) is 0.533. The van der Waals surface area contributed by atoms with Gasteiger partial charge in [-0.25, -0.2) is 0 Å². The molecule has 0 radical (unpaired) electrons. The topological polar surface area (TPSA) is 41.1 Å². The van der Waals surface area contributed by atoms with Crippen LogP contribution in [0.25, 0.3) is 0 Å². The highest BCUT2D eigenvalue weighted by Crippen LogP contribution is 2.21. The number of halogens is 1. The molecule has 2 N–H and O–H groups in total. The highest BCUT2D eigenvalue weighted by molar-refractivity contribution is 6.30. The van der Waals surface area contributed by atoms with Gasteiger partial charge in [0.15, 0.2) is 0 Å². The molecule has 1 heterocycles. The van der Waals surface area contributed by atoms with E-state index in [-0.39, 0.29) is 17.9 Å². The van der Waals surface area contributed by atoms with Crippen LogP contribution in [0.15, 0.2) is 24.3 Å². The van der Waals surface area contributed by atoms with Gasteiger partial charge in [0.05, 0.1) is 12.0 Å². The third-order valence-corrected chi connectivity index (χ3v) is 3.88. The Kier molecular flexibility index (Phi) is 5.23. The van der Waals surface area contributed by atoms with Crippen molar-refractivity contribution in [2.45, 2.75) is 32.2 Å². The van der Waals surface area contributed by atoms with E-state index in [9.17, 15) is 4.79 Å². The zero-order valence-electron chi connectivity index (χ0n) is 11.3. The van der Waals surface area contributed by atoms with Gasteiger partial charge in [0.2, 0.25) is 5.91 Å². The number of hydrogen-bond donors (Lipinski definition) is 2. The van der Waals surface area contributed by atoms with Crippen LogP contribution < -0.4 is 10.6 Å². The molecule has 3 nitrogen and oxygen atoms in total. The Bertz CT molecular complexity index is 430. The predicted molar refractivity (Wildman–Crippen MR) is 78.2 cm³/mol. The molecular formula is C15H21ClN2O. The molecule has 0 aromatic heterocycles. The first-order valence-electron chi connectivity index (χ1n) is 6.97. The molecule has 1 saturated heterocycles. The lowest BCUT2D eigenvalue weighted by atomic mass is 9.97. The second-order valence-electron chi connectivity index (χ2n) is 5.07. The predicted octanol–water partition coefficient (Wildman–Crippen LogP) is 2.91. The molecule has 0 saturated carbocycles. The monoisotopic (exact) mass is 280 g/mol. The van der Waals surface area contributed by atoms with Crippen LogP contribution in [0.3, 0.4) is 0 Å². The van der Waals surface area contributed by atoms with Crippen molar-refractivity contribution in [3.8, 4) is 0 Å². The average molecular weight is 281 g/mol. The summed E-state index contributed by atoms with van der Waals surface area (Å²) in [5.41, 5.74) is 1.08. The van der Waals surface area contributed by atoms with Crippen molar-refractivity contribution in [2.75, 3.05) is 13.1 Å². The van der Waals surface area contributed by atoms with Crippen molar-refractivity contribution in [1.82, 2.24) is 10.6 Å². The van der Waals surface area contributed by atoms with Gasteiger partial charge in [-0.1, -0.05) is 30.7 Å². The first kappa shape index (κ1) is 14.4. The zero-order valence-corrected chi connectivity index (χ0v) is 12.0. The molecule has 19 heavy (non-hydrogen) atoms. The van der Waals surface area contributed by atoms with Crippen LogP contribution in [0.5, 0.6) is 0 Å². The summed E-state index contributed by atoms with van der Waals surface area (Å²) >= 11 is 6.01. The summed E-state index contributed by atoms with van der Waals surface area (Å²) in [6.07, 6.45) is 2.92. The smallest absolute Gasteiger partial charge is 0.224 e. The molecule has 1 aromatic carbocycles. The van der Waals surface area contributed by atoms with Gasteiger partial charge in [-0.05, 0) is 43.5 Å². The van der Waals surface area contributed by atoms with E-state index in [1.54, 1.807) is 0 Å². The molecule has 2 atom stereocenters. The summed E-state index contributed by atoms with van der Waals surface area (Å²) in [6.45, 7) is 3.89. The highest BCUT2D eigenvalue weighted by Gasteiger charge is 2.23. The zero-order chi connectivity index (χ0) is 13.7. The van der Waals surface area contributed by atoms with Crippen molar-refractivity contribution >= 4 is 17.5 Å². The van der Waals surface area contributed by atoms with E-state index in [0.717, 1.165) is 37.9 Å². The van der Waals surface area contributed by atoms with E-state index in [1.807, 2.05) is 24.3 Å². The number of hydrogen-bond acceptors (Lipinski definition) is 2.